The summed E-state index contributed by atoms with van der Waals surface area (Å²) in [5, 5.41) is 2.86. The second-order valence-electron chi connectivity index (χ2n) is 4.66. The van der Waals surface area contributed by atoms with Gasteiger partial charge in [-0.15, -0.1) is 0 Å². The van der Waals surface area contributed by atoms with Crippen LogP contribution in [-0.4, -0.2) is 12.0 Å². The van der Waals surface area contributed by atoms with Crippen LogP contribution in [-0.2, 0) is 0 Å². The molecule has 0 unspecified atom stereocenters. The lowest BCUT2D eigenvalue weighted by atomic mass is 10.2. The summed E-state index contributed by atoms with van der Waals surface area (Å²) in [5.41, 5.74) is 1.32. The molecule has 0 heterocycles. The largest absolute Gasteiger partial charge is 0.491 e. The van der Waals surface area contributed by atoms with Crippen molar-refractivity contribution in [3.05, 3.63) is 58.6 Å². The van der Waals surface area contributed by atoms with Gasteiger partial charge in [0.15, 0.2) is 0 Å². The Kier molecular flexibility index (Phi) is 4.79. The maximum Gasteiger partial charge on any atom is 0.255 e. The zero-order chi connectivity index (χ0) is 14.5. The van der Waals surface area contributed by atoms with Crippen LogP contribution in [0.5, 0.6) is 5.75 Å². The van der Waals surface area contributed by atoms with Gasteiger partial charge in [-0.05, 0) is 44.2 Å². The predicted molar refractivity (Wildman–Crippen MR) is 84.3 cm³/mol. The van der Waals surface area contributed by atoms with Gasteiger partial charge >= 0.3 is 0 Å². The number of hydrogen-bond acceptors (Lipinski definition) is 2. The Morgan fingerprint density at radius 3 is 2.60 bits per heavy atom. The van der Waals surface area contributed by atoms with E-state index in [-0.39, 0.29) is 12.0 Å². The highest BCUT2D eigenvalue weighted by Gasteiger charge is 2.07. The number of ether oxygens (including phenoxy) is 1. The molecular formula is C16H16BrNO2. The topological polar surface area (TPSA) is 38.3 Å². The summed E-state index contributed by atoms with van der Waals surface area (Å²) in [4.78, 5) is 12.1. The van der Waals surface area contributed by atoms with Crippen molar-refractivity contribution in [1.82, 2.24) is 0 Å². The van der Waals surface area contributed by atoms with Crippen LogP contribution in [0.4, 0.5) is 5.69 Å². The lowest BCUT2D eigenvalue weighted by Gasteiger charge is -2.11. The minimum absolute atomic E-state index is 0.103. The van der Waals surface area contributed by atoms with Gasteiger partial charge in [0, 0.05) is 21.8 Å². The van der Waals surface area contributed by atoms with E-state index in [4.69, 9.17) is 4.74 Å². The van der Waals surface area contributed by atoms with E-state index in [0.29, 0.717) is 11.3 Å². The van der Waals surface area contributed by atoms with Crippen LogP contribution in [0.2, 0.25) is 0 Å². The first kappa shape index (κ1) is 14.6. The molecule has 20 heavy (non-hydrogen) atoms. The van der Waals surface area contributed by atoms with Crippen LogP contribution in [0.3, 0.4) is 0 Å². The van der Waals surface area contributed by atoms with Crippen molar-refractivity contribution < 1.29 is 9.53 Å². The van der Waals surface area contributed by atoms with Crippen molar-refractivity contribution in [2.75, 3.05) is 5.32 Å². The molecule has 0 aliphatic carbocycles. The van der Waals surface area contributed by atoms with E-state index < -0.39 is 0 Å². The van der Waals surface area contributed by atoms with Gasteiger partial charge in [-0.1, -0.05) is 28.1 Å². The van der Waals surface area contributed by atoms with E-state index in [2.05, 4.69) is 21.2 Å². The van der Waals surface area contributed by atoms with Gasteiger partial charge in [0.25, 0.3) is 5.91 Å². The Bertz CT molecular complexity index is 611. The highest BCUT2D eigenvalue weighted by atomic mass is 79.9. The van der Waals surface area contributed by atoms with Gasteiger partial charge in [-0.2, -0.15) is 0 Å². The number of benzene rings is 2. The molecule has 0 aliphatic heterocycles. The summed E-state index contributed by atoms with van der Waals surface area (Å²) in [6, 6.07) is 14.6. The maximum absolute atomic E-state index is 12.1. The molecule has 0 atom stereocenters. The van der Waals surface area contributed by atoms with Crippen LogP contribution in [0.1, 0.15) is 24.2 Å². The third kappa shape index (κ3) is 4.10. The number of nitrogens with one attached hydrogen (secondary N) is 1. The third-order valence-corrected chi connectivity index (χ3v) is 3.04. The Balaban J connectivity index is 2.11. The molecular weight excluding hydrogens is 318 g/mol. The maximum atomic E-state index is 12.1. The van der Waals surface area contributed by atoms with Crippen LogP contribution in [0.25, 0.3) is 0 Å². The Labute approximate surface area is 127 Å². The number of anilines is 1. The summed E-state index contributed by atoms with van der Waals surface area (Å²) >= 11 is 3.35. The highest BCUT2D eigenvalue weighted by molar-refractivity contribution is 9.10. The summed E-state index contributed by atoms with van der Waals surface area (Å²) in [7, 11) is 0. The van der Waals surface area contributed by atoms with Crippen molar-refractivity contribution in [1.29, 1.82) is 0 Å². The number of halogens is 1. The number of carbonyl (C=O) groups is 1. The summed E-state index contributed by atoms with van der Waals surface area (Å²) in [6.45, 7) is 3.93. The number of amides is 1. The molecule has 2 aromatic carbocycles. The van der Waals surface area contributed by atoms with E-state index in [0.717, 1.165) is 10.2 Å². The SMILES string of the molecule is CC(C)Oc1cccc(NC(=O)c2cccc(Br)c2)c1. The second kappa shape index (κ2) is 6.57. The third-order valence-electron chi connectivity index (χ3n) is 2.55. The first-order valence-electron chi connectivity index (χ1n) is 6.38. The zero-order valence-corrected chi connectivity index (χ0v) is 13.0. The lowest BCUT2D eigenvalue weighted by molar-refractivity contribution is 0.102. The summed E-state index contributed by atoms with van der Waals surface area (Å²) in [5.74, 6) is 0.597. The average Bonchev–Trinajstić information content (AvgIpc) is 2.38. The molecule has 0 saturated carbocycles. The zero-order valence-electron chi connectivity index (χ0n) is 11.4. The molecule has 0 fully saturated rings. The van der Waals surface area contributed by atoms with Crippen molar-refractivity contribution >= 4 is 27.5 Å². The predicted octanol–water partition coefficient (Wildman–Crippen LogP) is 4.49. The van der Waals surface area contributed by atoms with Crippen molar-refractivity contribution in [2.24, 2.45) is 0 Å². The van der Waals surface area contributed by atoms with Crippen LogP contribution >= 0.6 is 15.9 Å². The fourth-order valence-corrected chi connectivity index (χ4v) is 2.15. The van der Waals surface area contributed by atoms with E-state index >= 15 is 0 Å². The van der Waals surface area contributed by atoms with Crippen molar-refractivity contribution in [2.45, 2.75) is 20.0 Å². The van der Waals surface area contributed by atoms with E-state index in [1.165, 1.54) is 0 Å². The Morgan fingerprint density at radius 2 is 1.90 bits per heavy atom. The number of carbonyl (C=O) groups excluding carboxylic acids is 1. The fourth-order valence-electron chi connectivity index (χ4n) is 1.75. The average molecular weight is 334 g/mol. The molecule has 0 spiro atoms. The fraction of sp³-hybridized carbons (Fsp3) is 0.188. The normalized spacial score (nSPS) is 10.4. The molecule has 2 aromatic rings. The van der Waals surface area contributed by atoms with Crippen LogP contribution in [0.15, 0.2) is 53.0 Å². The molecule has 0 bridgehead atoms. The Morgan fingerprint density at radius 1 is 1.15 bits per heavy atom. The smallest absolute Gasteiger partial charge is 0.255 e. The minimum atomic E-state index is -0.145. The molecule has 104 valence electrons. The standard InChI is InChI=1S/C16H16BrNO2/c1-11(2)20-15-8-4-7-14(10-15)18-16(19)12-5-3-6-13(17)9-12/h3-11H,1-2H3,(H,18,19). The molecule has 1 amide bonds. The lowest BCUT2D eigenvalue weighted by Crippen LogP contribution is -2.12. The minimum Gasteiger partial charge on any atom is -0.491 e. The molecule has 0 aromatic heterocycles. The summed E-state index contributed by atoms with van der Waals surface area (Å²) < 4.78 is 6.48. The van der Waals surface area contributed by atoms with E-state index in [1.807, 2.05) is 50.2 Å². The second-order valence-corrected chi connectivity index (χ2v) is 5.57. The van der Waals surface area contributed by atoms with Gasteiger partial charge in [0.1, 0.15) is 5.75 Å². The van der Waals surface area contributed by atoms with E-state index in [9.17, 15) is 4.79 Å². The Hall–Kier alpha value is -1.81. The molecule has 0 radical (unpaired) electrons. The monoisotopic (exact) mass is 333 g/mol. The first-order chi connectivity index (χ1) is 9.54. The number of rotatable bonds is 4. The molecule has 0 aliphatic rings. The highest BCUT2D eigenvalue weighted by Crippen LogP contribution is 2.20. The van der Waals surface area contributed by atoms with Gasteiger partial charge in [0.05, 0.1) is 6.10 Å². The van der Waals surface area contributed by atoms with E-state index in [1.54, 1.807) is 12.1 Å². The van der Waals surface area contributed by atoms with Gasteiger partial charge < -0.3 is 10.1 Å². The van der Waals surface area contributed by atoms with Gasteiger partial charge in [0.2, 0.25) is 0 Å². The molecule has 0 saturated heterocycles. The molecule has 1 N–H and O–H groups in total. The van der Waals surface area contributed by atoms with Crippen LogP contribution < -0.4 is 10.1 Å². The molecule has 3 nitrogen and oxygen atoms in total. The van der Waals surface area contributed by atoms with Gasteiger partial charge in [-0.25, -0.2) is 0 Å². The van der Waals surface area contributed by atoms with Crippen molar-refractivity contribution in [3.63, 3.8) is 0 Å². The summed E-state index contributed by atoms with van der Waals surface area (Å²) in [6.07, 6.45) is 0.103. The molecule has 2 rings (SSSR count). The first-order valence-corrected chi connectivity index (χ1v) is 7.17. The van der Waals surface area contributed by atoms with Crippen molar-refractivity contribution in [3.8, 4) is 5.75 Å². The number of hydrogen-bond donors (Lipinski definition) is 1. The molecule has 4 heteroatoms. The van der Waals surface area contributed by atoms with Gasteiger partial charge in [-0.3, -0.25) is 4.79 Å². The van der Waals surface area contributed by atoms with Crippen LogP contribution in [0, 0.1) is 0 Å². The quantitative estimate of drug-likeness (QED) is 0.895.